The number of hydrogen-bond acceptors (Lipinski definition) is 4. The van der Waals surface area contributed by atoms with E-state index in [1.54, 1.807) is 0 Å². The van der Waals surface area contributed by atoms with Gasteiger partial charge in [-0.05, 0) is 37.5 Å². The number of nitrogens with one attached hydrogen (secondary N) is 1. The second-order valence-electron chi connectivity index (χ2n) is 5.05. The summed E-state index contributed by atoms with van der Waals surface area (Å²) in [6.45, 7) is 10.2. The van der Waals surface area contributed by atoms with E-state index in [0.29, 0.717) is 0 Å². The summed E-state index contributed by atoms with van der Waals surface area (Å²) in [4.78, 5) is 6.90. The van der Waals surface area contributed by atoms with E-state index in [0.717, 1.165) is 43.3 Å². The molecule has 0 radical (unpaired) electrons. The van der Waals surface area contributed by atoms with Crippen LogP contribution in [-0.4, -0.2) is 31.2 Å². The van der Waals surface area contributed by atoms with Crippen LogP contribution in [0.1, 0.15) is 16.7 Å². The number of nitrogens with zero attached hydrogens (tertiary/aromatic N) is 2. The Hall–Kier alpha value is -1.55. The lowest BCUT2D eigenvalue weighted by Crippen LogP contribution is -2.43. The molecule has 0 aliphatic carbocycles. The van der Waals surface area contributed by atoms with Crippen LogP contribution in [0.3, 0.4) is 0 Å². The Morgan fingerprint density at radius 2 is 1.89 bits per heavy atom. The Balaban J connectivity index is 2.10. The maximum atomic E-state index is 5.96. The van der Waals surface area contributed by atoms with Crippen molar-refractivity contribution in [3.63, 3.8) is 0 Å². The molecule has 0 unspecified atom stereocenters. The molecule has 0 bridgehead atoms. The molecule has 96 valence electrons. The minimum atomic E-state index is 0.767. The zero-order chi connectivity index (χ0) is 12.7. The lowest BCUT2D eigenvalue weighted by atomic mass is 10.1. The van der Waals surface area contributed by atoms with Crippen molar-refractivity contribution in [2.24, 2.45) is 0 Å². The third-order valence-corrected chi connectivity index (χ3v) is 3.74. The molecule has 18 heavy (non-hydrogen) atoms. The summed E-state index contributed by atoms with van der Waals surface area (Å²) in [7, 11) is 0. The summed E-state index contributed by atoms with van der Waals surface area (Å²) in [5.41, 5.74) is 5.62. The molecule has 1 fully saturated rings. The van der Waals surface area contributed by atoms with Gasteiger partial charge >= 0.3 is 0 Å². The molecule has 0 saturated carbocycles. The highest BCUT2D eigenvalue weighted by Gasteiger charge is 2.18. The number of piperazine rings is 1. The molecule has 0 spiro atoms. The van der Waals surface area contributed by atoms with E-state index in [9.17, 15) is 0 Å². The standard InChI is InChI=1S/C14H19N3O/c1-9-8-10(2)13-12(11(9)3)16-14(18-13)17-6-4-15-5-7-17/h8,15H,4-7H2,1-3H3. The maximum absolute atomic E-state index is 5.96. The smallest absolute Gasteiger partial charge is 0.298 e. The zero-order valence-corrected chi connectivity index (χ0v) is 11.2. The number of hydrogen-bond donors (Lipinski definition) is 1. The van der Waals surface area contributed by atoms with Gasteiger partial charge in [-0.1, -0.05) is 6.07 Å². The van der Waals surface area contributed by atoms with E-state index in [1.165, 1.54) is 16.7 Å². The van der Waals surface area contributed by atoms with Crippen LogP contribution in [0, 0.1) is 20.8 Å². The van der Waals surface area contributed by atoms with Crippen molar-refractivity contribution in [1.82, 2.24) is 10.3 Å². The van der Waals surface area contributed by atoms with Crippen molar-refractivity contribution in [3.8, 4) is 0 Å². The zero-order valence-electron chi connectivity index (χ0n) is 11.2. The number of anilines is 1. The first kappa shape index (κ1) is 11.5. The van der Waals surface area contributed by atoms with Crippen molar-refractivity contribution in [2.75, 3.05) is 31.1 Å². The molecule has 4 nitrogen and oxygen atoms in total. The van der Waals surface area contributed by atoms with Crippen LogP contribution >= 0.6 is 0 Å². The molecule has 0 amide bonds. The molecule has 2 aromatic rings. The fraction of sp³-hybridized carbons (Fsp3) is 0.500. The van der Waals surface area contributed by atoms with Gasteiger partial charge in [0.15, 0.2) is 5.58 Å². The van der Waals surface area contributed by atoms with E-state index < -0.39 is 0 Å². The van der Waals surface area contributed by atoms with Gasteiger partial charge in [-0.2, -0.15) is 4.98 Å². The molecular weight excluding hydrogens is 226 g/mol. The van der Waals surface area contributed by atoms with E-state index in [4.69, 9.17) is 4.42 Å². The SMILES string of the molecule is Cc1cc(C)c2oc(N3CCNCC3)nc2c1C. The average Bonchev–Trinajstić information content (AvgIpc) is 2.83. The number of fused-ring (bicyclic) bond motifs is 1. The van der Waals surface area contributed by atoms with Crippen LogP contribution in [0.2, 0.25) is 0 Å². The maximum Gasteiger partial charge on any atom is 0.298 e. The highest BCUT2D eigenvalue weighted by atomic mass is 16.4. The van der Waals surface area contributed by atoms with Crippen LogP contribution in [-0.2, 0) is 0 Å². The first-order valence-electron chi connectivity index (χ1n) is 6.50. The number of aryl methyl sites for hydroxylation is 3. The Morgan fingerprint density at radius 1 is 1.17 bits per heavy atom. The minimum Gasteiger partial charge on any atom is -0.423 e. The number of oxazole rings is 1. The first-order chi connectivity index (χ1) is 8.66. The molecule has 2 heterocycles. The largest absolute Gasteiger partial charge is 0.423 e. The lowest BCUT2D eigenvalue weighted by Gasteiger charge is -2.25. The Bertz CT molecular complexity index is 582. The van der Waals surface area contributed by atoms with Gasteiger partial charge in [0.1, 0.15) is 5.52 Å². The van der Waals surface area contributed by atoms with Crippen molar-refractivity contribution in [1.29, 1.82) is 0 Å². The van der Waals surface area contributed by atoms with Crippen molar-refractivity contribution >= 4 is 17.1 Å². The number of aromatic nitrogens is 1. The van der Waals surface area contributed by atoms with Gasteiger partial charge in [-0.15, -0.1) is 0 Å². The average molecular weight is 245 g/mol. The monoisotopic (exact) mass is 245 g/mol. The van der Waals surface area contributed by atoms with Gasteiger partial charge in [0, 0.05) is 26.2 Å². The molecule has 0 atom stereocenters. The predicted octanol–water partition coefficient (Wildman–Crippen LogP) is 2.16. The second-order valence-corrected chi connectivity index (χ2v) is 5.05. The first-order valence-corrected chi connectivity index (χ1v) is 6.50. The topological polar surface area (TPSA) is 41.3 Å². The molecule has 1 N–H and O–H groups in total. The molecule has 3 rings (SSSR count). The third-order valence-electron chi connectivity index (χ3n) is 3.74. The van der Waals surface area contributed by atoms with Crippen molar-refractivity contribution in [3.05, 3.63) is 22.8 Å². The summed E-state index contributed by atoms with van der Waals surface area (Å²) >= 11 is 0. The normalized spacial score (nSPS) is 16.5. The van der Waals surface area contributed by atoms with E-state index in [-0.39, 0.29) is 0 Å². The summed E-state index contributed by atoms with van der Waals surface area (Å²) in [6.07, 6.45) is 0. The van der Waals surface area contributed by atoms with E-state index >= 15 is 0 Å². The van der Waals surface area contributed by atoms with Gasteiger partial charge in [-0.25, -0.2) is 0 Å². The molecule has 1 aromatic heterocycles. The van der Waals surface area contributed by atoms with Crippen LogP contribution in [0.25, 0.3) is 11.1 Å². The van der Waals surface area contributed by atoms with E-state index in [1.807, 2.05) is 0 Å². The fourth-order valence-electron chi connectivity index (χ4n) is 2.51. The van der Waals surface area contributed by atoms with Gasteiger partial charge < -0.3 is 14.6 Å². The van der Waals surface area contributed by atoms with Crippen LogP contribution in [0.15, 0.2) is 10.5 Å². The highest BCUT2D eigenvalue weighted by molar-refractivity contribution is 5.82. The molecular formula is C14H19N3O. The molecule has 1 aliphatic rings. The van der Waals surface area contributed by atoms with Gasteiger partial charge in [0.2, 0.25) is 0 Å². The van der Waals surface area contributed by atoms with Crippen molar-refractivity contribution in [2.45, 2.75) is 20.8 Å². The quantitative estimate of drug-likeness (QED) is 0.836. The number of rotatable bonds is 1. The predicted molar refractivity (Wildman–Crippen MR) is 73.3 cm³/mol. The second kappa shape index (κ2) is 4.28. The van der Waals surface area contributed by atoms with E-state index in [2.05, 4.69) is 42.0 Å². The summed E-state index contributed by atoms with van der Waals surface area (Å²) in [5, 5.41) is 3.34. The van der Waals surface area contributed by atoms with Gasteiger partial charge in [0.25, 0.3) is 6.01 Å². The Labute approximate surface area is 107 Å². The summed E-state index contributed by atoms with van der Waals surface area (Å²) in [6, 6.07) is 2.94. The molecule has 1 saturated heterocycles. The fourth-order valence-corrected chi connectivity index (χ4v) is 2.51. The van der Waals surface area contributed by atoms with Crippen molar-refractivity contribution < 1.29 is 4.42 Å². The Kier molecular flexibility index (Phi) is 2.74. The van der Waals surface area contributed by atoms with Crippen LogP contribution < -0.4 is 10.2 Å². The number of benzene rings is 1. The summed E-state index contributed by atoms with van der Waals surface area (Å²) in [5.74, 6) is 0. The van der Waals surface area contributed by atoms with Gasteiger partial charge in [-0.3, -0.25) is 0 Å². The minimum absolute atomic E-state index is 0.767. The molecule has 4 heteroatoms. The van der Waals surface area contributed by atoms with Crippen LogP contribution in [0.5, 0.6) is 0 Å². The highest BCUT2D eigenvalue weighted by Crippen LogP contribution is 2.29. The van der Waals surface area contributed by atoms with Crippen LogP contribution in [0.4, 0.5) is 6.01 Å². The third kappa shape index (κ3) is 1.77. The lowest BCUT2D eigenvalue weighted by molar-refractivity contribution is 0.517. The Morgan fingerprint density at radius 3 is 2.61 bits per heavy atom. The van der Waals surface area contributed by atoms with Gasteiger partial charge in [0.05, 0.1) is 0 Å². The molecule has 1 aliphatic heterocycles. The summed E-state index contributed by atoms with van der Waals surface area (Å²) < 4.78 is 5.96. The molecule has 1 aromatic carbocycles.